The van der Waals surface area contributed by atoms with E-state index in [0.29, 0.717) is 0 Å². The maximum absolute atomic E-state index is 5.16. The lowest BCUT2D eigenvalue weighted by Crippen LogP contribution is -2.03. The van der Waals surface area contributed by atoms with Crippen LogP contribution in [0.4, 0.5) is 0 Å². The minimum atomic E-state index is 0. The van der Waals surface area contributed by atoms with Gasteiger partial charge in [0, 0.05) is 12.1 Å². The molecule has 0 aliphatic rings. The normalized spacial score (nSPS) is 8.86. The van der Waals surface area contributed by atoms with E-state index >= 15 is 0 Å². The molecule has 1 N–H and O–H groups in total. The second-order valence-electron chi connectivity index (χ2n) is 0.919. The molecule has 0 aliphatic heterocycles. The van der Waals surface area contributed by atoms with Crippen molar-refractivity contribution < 1.29 is 0 Å². The van der Waals surface area contributed by atoms with Gasteiger partial charge in [0.05, 0.1) is 0 Å². The Hall–Kier alpha value is 0.280. The number of hydrogen-bond acceptors (Lipinski definition) is 1. The van der Waals surface area contributed by atoms with Gasteiger partial charge < -0.3 is 5.32 Å². The van der Waals surface area contributed by atoms with Crippen LogP contribution in [0, 0.1) is 0 Å². The van der Waals surface area contributed by atoms with Gasteiger partial charge in [-0.15, -0.1) is 12.4 Å². The second kappa shape index (κ2) is 9.56. The molecule has 0 aliphatic carbocycles. The van der Waals surface area contributed by atoms with Crippen LogP contribution < -0.4 is 5.32 Å². The predicted molar refractivity (Wildman–Crippen MR) is 36.2 cm³/mol. The lowest BCUT2D eigenvalue weighted by atomic mass is 10.6. The van der Waals surface area contributed by atoms with Gasteiger partial charge >= 0.3 is 0 Å². The van der Waals surface area contributed by atoms with Gasteiger partial charge in [0.15, 0.2) is 0 Å². The van der Waals surface area contributed by atoms with E-state index in [0.717, 1.165) is 6.54 Å². The Balaban J connectivity index is 0. The van der Waals surface area contributed by atoms with E-state index in [2.05, 4.69) is 5.32 Å². The lowest BCUT2D eigenvalue weighted by molar-refractivity contribution is 0.921. The molecule has 1 nitrogen and oxygen atoms in total. The summed E-state index contributed by atoms with van der Waals surface area (Å²) < 4.78 is 0. The van der Waals surface area contributed by atoms with Crippen LogP contribution in [0.3, 0.4) is 0 Å². The number of halogens is 2. The van der Waals surface area contributed by atoms with E-state index < -0.39 is 0 Å². The van der Waals surface area contributed by atoms with Gasteiger partial charge in [0.2, 0.25) is 0 Å². The summed E-state index contributed by atoms with van der Waals surface area (Å²) in [5.74, 6) is 0. The smallest absolute Gasteiger partial charge is 0.0143 e. The SMILES string of the molecule is CNCC=CCl.Cl. The van der Waals surface area contributed by atoms with Crippen LogP contribution in [0.15, 0.2) is 11.6 Å². The van der Waals surface area contributed by atoms with Gasteiger partial charge in [-0.05, 0) is 7.05 Å². The monoisotopic (exact) mass is 141 g/mol. The Bertz CT molecular complexity index is 45.0. The van der Waals surface area contributed by atoms with Crippen molar-refractivity contribution in [1.29, 1.82) is 0 Å². The topological polar surface area (TPSA) is 12.0 Å². The van der Waals surface area contributed by atoms with Crippen molar-refractivity contribution in [1.82, 2.24) is 5.32 Å². The highest BCUT2D eigenvalue weighted by atomic mass is 35.5. The van der Waals surface area contributed by atoms with Crippen LogP contribution in [-0.2, 0) is 0 Å². The van der Waals surface area contributed by atoms with Crippen LogP contribution in [0.25, 0.3) is 0 Å². The summed E-state index contributed by atoms with van der Waals surface area (Å²) in [4.78, 5) is 0. The summed E-state index contributed by atoms with van der Waals surface area (Å²) in [6.45, 7) is 0.851. The molecule has 3 heteroatoms. The number of likely N-dealkylation sites (N-methyl/N-ethyl adjacent to an activating group) is 1. The molecule has 7 heavy (non-hydrogen) atoms. The summed E-state index contributed by atoms with van der Waals surface area (Å²) in [7, 11) is 1.87. The fourth-order valence-electron chi connectivity index (χ4n) is 0.162. The van der Waals surface area contributed by atoms with Crippen molar-refractivity contribution in [2.45, 2.75) is 0 Å². The molecule has 0 aromatic carbocycles. The Labute approximate surface area is 55.2 Å². The number of nitrogens with one attached hydrogen (secondary N) is 1. The van der Waals surface area contributed by atoms with Crippen LogP contribution in [0.2, 0.25) is 0 Å². The minimum Gasteiger partial charge on any atom is -0.316 e. The van der Waals surface area contributed by atoms with E-state index in [9.17, 15) is 0 Å². The van der Waals surface area contributed by atoms with E-state index in [-0.39, 0.29) is 12.4 Å². The highest BCUT2D eigenvalue weighted by molar-refractivity contribution is 6.25. The molecule has 0 unspecified atom stereocenters. The van der Waals surface area contributed by atoms with Crippen LogP contribution in [-0.4, -0.2) is 13.6 Å². The first-order valence-corrected chi connectivity index (χ1v) is 2.25. The molecular formula is C4H9Cl2N. The van der Waals surface area contributed by atoms with Gasteiger partial charge in [-0.25, -0.2) is 0 Å². The van der Waals surface area contributed by atoms with Crippen molar-refractivity contribution in [3.05, 3.63) is 11.6 Å². The standard InChI is InChI=1S/C4H8ClN.ClH/c1-6-4-2-3-5;/h2-3,6H,4H2,1H3;1H. The third kappa shape index (κ3) is 10.7. The van der Waals surface area contributed by atoms with Crippen molar-refractivity contribution in [3.63, 3.8) is 0 Å². The van der Waals surface area contributed by atoms with E-state index in [1.807, 2.05) is 13.1 Å². The van der Waals surface area contributed by atoms with Gasteiger partial charge in [-0.2, -0.15) is 0 Å². The third-order valence-corrected chi connectivity index (χ3v) is 0.589. The first-order valence-electron chi connectivity index (χ1n) is 1.81. The first-order chi connectivity index (χ1) is 2.91. The van der Waals surface area contributed by atoms with Crippen LogP contribution >= 0.6 is 24.0 Å². The zero-order valence-electron chi connectivity index (χ0n) is 4.15. The molecule has 0 heterocycles. The maximum atomic E-state index is 5.16. The Morgan fingerprint density at radius 2 is 2.29 bits per heavy atom. The van der Waals surface area contributed by atoms with E-state index in [1.165, 1.54) is 5.54 Å². The third-order valence-electron chi connectivity index (χ3n) is 0.411. The summed E-state index contributed by atoms with van der Waals surface area (Å²) in [6, 6.07) is 0. The van der Waals surface area contributed by atoms with Crippen molar-refractivity contribution in [2.24, 2.45) is 0 Å². The molecular weight excluding hydrogens is 133 g/mol. The maximum Gasteiger partial charge on any atom is 0.0143 e. The highest BCUT2D eigenvalue weighted by Crippen LogP contribution is 1.72. The molecule has 0 atom stereocenters. The molecule has 0 saturated heterocycles. The fraction of sp³-hybridized carbons (Fsp3) is 0.500. The lowest BCUT2D eigenvalue weighted by Gasteiger charge is -1.81. The molecule has 0 radical (unpaired) electrons. The van der Waals surface area contributed by atoms with Gasteiger partial charge in [0.1, 0.15) is 0 Å². The molecule has 0 aromatic heterocycles. The van der Waals surface area contributed by atoms with Crippen molar-refractivity contribution in [2.75, 3.05) is 13.6 Å². The quantitative estimate of drug-likeness (QED) is 0.614. The summed E-state index contributed by atoms with van der Waals surface area (Å²) >= 11 is 5.16. The zero-order chi connectivity index (χ0) is 4.83. The van der Waals surface area contributed by atoms with Gasteiger partial charge in [0.25, 0.3) is 0 Å². The largest absolute Gasteiger partial charge is 0.316 e. The van der Waals surface area contributed by atoms with Crippen LogP contribution in [0.5, 0.6) is 0 Å². The number of hydrogen-bond donors (Lipinski definition) is 1. The summed E-state index contributed by atoms with van der Waals surface area (Å²) in [5, 5.41) is 2.90. The van der Waals surface area contributed by atoms with E-state index in [4.69, 9.17) is 11.6 Å². The highest BCUT2D eigenvalue weighted by Gasteiger charge is 1.62. The average molecular weight is 142 g/mol. The van der Waals surface area contributed by atoms with Gasteiger partial charge in [-0.3, -0.25) is 0 Å². The Kier molecular flexibility index (Phi) is 14.1. The molecule has 0 fully saturated rings. The average Bonchev–Trinajstić information content (AvgIpc) is 1.61. The molecule has 0 bridgehead atoms. The summed E-state index contributed by atoms with van der Waals surface area (Å²) in [5.41, 5.74) is 1.50. The molecule has 0 spiro atoms. The molecule has 44 valence electrons. The molecule has 0 amide bonds. The zero-order valence-corrected chi connectivity index (χ0v) is 5.72. The van der Waals surface area contributed by atoms with Gasteiger partial charge in [-0.1, -0.05) is 17.7 Å². The predicted octanol–water partition coefficient (Wildman–Crippen LogP) is 1.38. The molecule has 0 saturated carbocycles. The fourth-order valence-corrected chi connectivity index (χ4v) is 0.251. The number of rotatable bonds is 2. The second-order valence-corrected chi connectivity index (χ2v) is 1.17. The summed E-state index contributed by atoms with van der Waals surface area (Å²) in [6.07, 6.45) is 1.83. The molecule has 0 rings (SSSR count). The van der Waals surface area contributed by atoms with Crippen LogP contribution in [0.1, 0.15) is 0 Å². The first kappa shape index (κ1) is 10.3. The Morgan fingerprint density at radius 3 is 2.43 bits per heavy atom. The van der Waals surface area contributed by atoms with Crippen molar-refractivity contribution >= 4 is 24.0 Å². The van der Waals surface area contributed by atoms with Crippen molar-refractivity contribution in [3.8, 4) is 0 Å². The minimum absolute atomic E-state index is 0. The van der Waals surface area contributed by atoms with E-state index in [1.54, 1.807) is 0 Å². The Morgan fingerprint density at radius 1 is 1.71 bits per heavy atom. The molecule has 0 aromatic rings.